The highest BCUT2D eigenvalue weighted by atomic mass is 127. The number of hydrogen-bond donors (Lipinski definition) is 1. The number of hydrogen-bond acceptors (Lipinski definition) is 1. The molecule has 0 aromatic heterocycles. The molecule has 0 aliphatic carbocycles. The Hall–Kier alpha value is -0.780. The van der Waals surface area contributed by atoms with E-state index in [0.29, 0.717) is 15.6 Å². The zero-order valence-corrected chi connectivity index (χ0v) is 13.7. The van der Waals surface area contributed by atoms with E-state index in [0.717, 1.165) is 14.8 Å². The van der Waals surface area contributed by atoms with Gasteiger partial charge in [-0.3, -0.25) is 4.79 Å². The molecule has 0 spiro atoms. The number of amides is 1. The summed E-state index contributed by atoms with van der Waals surface area (Å²) in [5.74, 6) is -0.183. The number of nitrogens with one attached hydrogen (secondary N) is 1. The highest BCUT2D eigenvalue weighted by Gasteiger charge is 2.12. The highest BCUT2D eigenvalue weighted by Crippen LogP contribution is 2.22. The summed E-state index contributed by atoms with van der Waals surface area (Å²) in [6.07, 6.45) is 0. The lowest BCUT2D eigenvalue weighted by Crippen LogP contribution is -2.14. The Balaban J connectivity index is 2.28. The van der Waals surface area contributed by atoms with E-state index in [9.17, 15) is 4.79 Å². The molecule has 0 atom stereocenters. The quantitative estimate of drug-likeness (QED) is 0.687. The SMILES string of the molecule is Cc1cc(Cl)ccc1NC(=O)c1cc(Cl)ccc1I. The number of carbonyl (C=O) groups excluding carboxylic acids is 1. The lowest BCUT2D eigenvalue weighted by atomic mass is 10.1. The van der Waals surface area contributed by atoms with Gasteiger partial charge in [0.15, 0.2) is 0 Å². The molecule has 5 heteroatoms. The van der Waals surface area contributed by atoms with Crippen LogP contribution in [0.1, 0.15) is 15.9 Å². The maximum Gasteiger partial charge on any atom is 0.256 e. The van der Waals surface area contributed by atoms with Gasteiger partial charge in [0, 0.05) is 19.3 Å². The van der Waals surface area contributed by atoms with Crippen LogP contribution in [0.3, 0.4) is 0 Å². The van der Waals surface area contributed by atoms with Crippen molar-refractivity contribution in [1.82, 2.24) is 0 Å². The van der Waals surface area contributed by atoms with Crippen LogP contribution >= 0.6 is 45.8 Å². The average Bonchev–Trinajstić information content (AvgIpc) is 2.35. The smallest absolute Gasteiger partial charge is 0.256 e. The minimum absolute atomic E-state index is 0.183. The molecule has 1 amide bonds. The number of anilines is 1. The number of benzene rings is 2. The van der Waals surface area contributed by atoms with E-state index in [2.05, 4.69) is 27.9 Å². The van der Waals surface area contributed by atoms with Crippen molar-refractivity contribution < 1.29 is 4.79 Å². The Bertz CT molecular complexity index is 643. The van der Waals surface area contributed by atoms with Crippen LogP contribution in [0.25, 0.3) is 0 Å². The normalized spacial score (nSPS) is 10.3. The first kappa shape index (κ1) is 14.6. The topological polar surface area (TPSA) is 29.1 Å². The summed E-state index contributed by atoms with van der Waals surface area (Å²) in [7, 11) is 0. The van der Waals surface area contributed by atoms with E-state index in [1.54, 1.807) is 30.3 Å². The average molecular weight is 406 g/mol. The second-order valence-corrected chi connectivity index (χ2v) is 6.07. The molecule has 0 heterocycles. The van der Waals surface area contributed by atoms with Gasteiger partial charge < -0.3 is 5.32 Å². The third kappa shape index (κ3) is 3.61. The van der Waals surface area contributed by atoms with Crippen LogP contribution in [-0.2, 0) is 0 Å². The van der Waals surface area contributed by atoms with Crippen molar-refractivity contribution in [3.05, 3.63) is 61.1 Å². The first-order valence-corrected chi connectivity index (χ1v) is 7.33. The van der Waals surface area contributed by atoms with Crippen molar-refractivity contribution >= 4 is 57.4 Å². The molecule has 19 heavy (non-hydrogen) atoms. The third-order valence-electron chi connectivity index (χ3n) is 2.61. The van der Waals surface area contributed by atoms with Crippen LogP contribution < -0.4 is 5.32 Å². The van der Waals surface area contributed by atoms with E-state index >= 15 is 0 Å². The second kappa shape index (κ2) is 6.11. The molecule has 1 N–H and O–H groups in total. The lowest BCUT2D eigenvalue weighted by Gasteiger charge is -2.10. The molecule has 0 saturated carbocycles. The molecule has 0 unspecified atom stereocenters. The minimum atomic E-state index is -0.183. The fourth-order valence-electron chi connectivity index (χ4n) is 1.63. The van der Waals surface area contributed by atoms with Crippen LogP contribution in [-0.4, -0.2) is 5.91 Å². The van der Waals surface area contributed by atoms with Crippen molar-refractivity contribution in [1.29, 1.82) is 0 Å². The number of carbonyl (C=O) groups is 1. The Morgan fingerprint density at radius 1 is 1.11 bits per heavy atom. The van der Waals surface area contributed by atoms with E-state index in [1.165, 1.54) is 0 Å². The summed E-state index contributed by atoms with van der Waals surface area (Å²) in [6.45, 7) is 1.89. The Labute approximate surface area is 135 Å². The fraction of sp³-hybridized carbons (Fsp3) is 0.0714. The van der Waals surface area contributed by atoms with Crippen molar-refractivity contribution in [2.24, 2.45) is 0 Å². The predicted molar refractivity (Wildman–Crippen MR) is 88.3 cm³/mol. The van der Waals surface area contributed by atoms with Gasteiger partial charge in [-0.05, 0) is 71.5 Å². The number of rotatable bonds is 2. The van der Waals surface area contributed by atoms with Gasteiger partial charge in [-0.15, -0.1) is 0 Å². The zero-order valence-electron chi connectivity index (χ0n) is 10.0. The molecular formula is C14H10Cl2INO. The van der Waals surface area contributed by atoms with E-state index in [-0.39, 0.29) is 5.91 Å². The van der Waals surface area contributed by atoms with Gasteiger partial charge in [-0.1, -0.05) is 23.2 Å². The predicted octanol–water partition coefficient (Wildman–Crippen LogP) is 5.16. The molecule has 0 aliphatic heterocycles. The summed E-state index contributed by atoms with van der Waals surface area (Å²) < 4.78 is 0.853. The van der Waals surface area contributed by atoms with Crippen molar-refractivity contribution in [3.63, 3.8) is 0 Å². The van der Waals surface area contributed by atoms with Crippen LogP contribution in [0.5, 0.6) is 0 Å². The fourth-order valence-corrected chi connectivity index (χ4v) is 2.61. The monoisotopic (exact) mass is 405 g/mol. The molecule has 0 aliphatic rings. The maximum absolute atomic E-state index is 12.2. The molecular weight excluding hydrogens is 396 g/mol. The Kier molecular flexibility index (Phi) is 4.71. The maximum atomic E-state index is 12.2. The Morgan fingerprint density at radius 2 is 1.74 bits per heavy atom. The third-order valence-corrected chi connectivity index (χ3v) is 4.02. The molecule has 98 valence electrons. The number of halogens is 3. The van der Waals surface area contributed by atoms with Crippen molar-refractivity contribution in [3.8, 4) is 0 Å². The molecule has 2 nitrogen and oxygen atoms in total. The van der Waals surface area contributed by atoms with Gasteiger partial charge >= 0.3 is 0 Å². The van der Waals surface area contributed by atoms with Crippen molar-refractivity contribution in [2.75, 3.05) is 5.32 Å². The number of aryl methyl sites for hydroxylation is 1. The molecule has 0 fully saturated rings. The van der Waals surface area contributed by atoms with Gasteiger partial charge in [0.05, 0.1) is 5.56 Å². The standard InChI is InChI=1S/C14H10Cl2INO/c1-8-6-9(15)3-5-13(8)18-14(19)11-7-10(16)2-4-12(11)17/h2-7H,1H3,(H,18,19). The zero-order chi connectivity index (χ0) is 14.0. The summed E-state index contributed by atoms with van der Waals surface area (Å²) in [5, 5.41) is 4.05. The summed E-state index contributed by atoms with van der Waals surface area (Å²) in [6, 6.07) is 10.6. The first-order chi connectivity index (χ1) is 8.97. The van der Waals surface area contributed by atoms with Gasteiger partial charge in [0.1, 0.15) is 0 Å². The largest absolute Gasteiger partial charge is 0.322 e. The molecule has 0 radical (unpaired) electrons. The van der Waals surface area contributed by atoms with Gasteiger partial charge in [-0.25, -0.2) is 0 Å². The van der Waals surface area contributed by atoms with Gasteiger partial charge in [0.2, 0.25) is 0 Å². The minimum Gasteiger partial charge on any atom is -0.322 e. The lowest BCUT2D eigenvalue weighted by molar-refractivity contribution is 0.102. The summed E-state index contributed by atoms with van der Waals surface area (Å²) in [5.41, 5.74) is 2.21. The van der Waals surface area contributed by atoms with Crippen LogP contribution in [0.15, 0.2) is 36.4 Å². The second-order valence-electron chi connectivity index (χ2n) is 4.04. The van der Waals surface area contributed by atoms with Crippen molar-refractivity contribution in [2.45, 2.75) is 6.92 Å². The molecule has 0 bridgehead atoms. The molecule has 2 aromatic rings. The molecule has 2 rings (SSSR count). The van der Waals surface area contributed by atoms with Crippen LogP contribution in [0.2, 0.25) is 10.0 Å². The van der Waals surface area contributed by atoms with Crippen LogP contribution in [0, 0.1) is 10.5 Å². The Morgan fingerprint density at radius 3 is 2.42 bits per heavy atom. The van der Waals surface area contributed by atoms with Crippen LogP contribution in [0.4, 0.5) is 5.69 Å². The molecule has 2 aromatic carbocycles. The van der Waals surface area contributed by atoms with E-state index in [1.807, 2.05) is 13.0 Å². The summed E-state index contributed by atoms with van der Waals surface area (Å²) >= 11 is 13.9. The first-order valence-electron chi connectivity index (χ1n) is 5.50. The van der Waals surface area contributed by atoms with E-state index in [4.69, 9.17) is 23.2 Å². The molecule has 0 saturated heterocycles. The van der Waals surface area contributed by atoms with Gasteiger partial charge in [0.25, 0.3) is 5.91 Å². The highest BCUT2D eigenvalue weighted by molar-refractivity contribution is 14.1. The van der Waals surface area contributed by atoms with Gasteiger partial charge in [-0.2, -0.15) is 0 Å². The van der Waals surface area contributed by atoms with E-state index < -0.39 is 0 Å². The summed E-state index contributed by atoms with van der Waals surface area (Å²) in [4.78, 5) is 12.2.